The molecule has 0 atom stereocenters. The number of carbonyl (C=O) groups is 1. The van der Waals surface area contributed by atoms with E-state index in [1.54, 1.807) is 0 Å². The molecule has 0 aliphatic rings. The van der Waals surface area contributed by atoms with Crippen molar-refractivity contribution in [1.29, 1.82) is 0 Å². The Bertz CT molecular complexity index is 670. The first-order valence-corrected chi connectivity index (χ1v) is 5.43. The summed E-state index contributed by atoms with van der Waals surface area (Å²) in [5, 5.41) is -0.325. The van der Waals surface area contributed by atoms with Gasteiger partial charge in [0.05, 0.1) is 16.1 Å². The van der Waals surface area contributed by atoms with E-state index in [4.69, 9.17) is 11.6 Å². The molecular weight excluding hydrogens is 284 g/mol. The van der Waals surface area contributed by atoms with Gasteiger partial charge in [-0.1, -0.05) is 17.7 Å². The van der Waals surface area contributed by atoms with Crippen molar-refractivity contribution in [3.8, 4) is 0 Å². The first kappa shape index (κ1) is 13.5. The van der Waals surface area contributed by atoms with Crippen molar-refractivity contribution in [1.82, 2.24) is 0 Å². The van der Waals surface area contributed by atoms with Gasteiger partial charge in [0.15, 0.2) is 29.1 Å². The van der Waals surface area contributed by atoms with Gasteiger partial charge in [0, 0.05) is 0 Å². The summed E-state index contributed by atoms with van der Waals surface area (Å²) in [5.74, 6) is -7.03. The van der Waals surface area contributed by atoms with Crippen LogP contribution in [-0.2, 0) is 0 Å². The Kier molecular flexibility index (Phi) is 3.57. The fraction of sp³-hybridized carbons (Fsp3) is 0. The zero-order valence-corrected chi connectivity index (χ0v) is 9.94. The molecule has 98 valence electrons. The lowest BCUT2D eigenvalue weighted by atomic mass is 10.0. The number of ketones is 1. The molecule has 0 aliphatic carbocycles. The molecule has 0 heterocycles. The highest BCUT2D eigenvalue weighted by molar-refractivity contribution is 6.31. The van der Waals surface area contributed by atoms with Gasteiger partial charge in [-0.3, -0.25) is 4.79 Å². The molecule has 1 nitrogen and oxygen atoms in total. The molecule has 0 unspecified atom stereocenters. The third kappa shape index (κ3) is 2.33. The lowest BCUT2D eigenvalue weighted by Gasteiger charge is -2.06. The average Bonchev–Trinajstić information content (AvgIpc) is 2.39. The second-order valence-corrected chi connectivity index (χ2v) is 4.06. The summed E-state index contributed by atoms with van der Waals surface area (Å²) in [6.07, 6.45) is 0. The van der Waals surface area contributed by atoms with E-state index in [1.807, 2.05) is 0 Å². The van der Waals surface area contributed by atoms with Crippen molar-refractivity contribution in [2.24, 2.45) is 0 Å². The van der Waals surface area contributed by atoms with Crippen molar-refractivity contribution >= 4 is 17.4 Å². The second kappa shape index (κ2) is 5.01. The van der Waals surface area contributed by atoms with E-state index in [0.29, 0.717) is 6.07 Å². The molecule has 0 saturated heterocycles. The van der Waals surface area contributed by atoms with Gasteiger partial charge in [-0.2, -0.15) is 0 Å². The first-order chi connectivity index (χ1) is 8.93. The highest BCUT2D eigenvalue weighted by Crippen LogP contribution is 2.23. The van der Waals surface area contributed by atoms with E-state index >= 15 is 0 Å². The average molecular weight is 289 g/mol. The topological polar surface area (TPSA) is 17.1 Å². The Labute approximate surface area is 110 Å². The highest BCUT2D eigenvalue weighted by atomic mass is 35.5. The van der Waals surface area contributed by atoms with E-state index in [0.717, 1.165) is 12.1 Å². The maximum atomic E-state index is 13.6. The van der Waals surface area contributed by atoms with Crippen LogP contribution < -0.4 is 0 Å². The van der Waals surface area contributed by atoms with E-state index in [-0.39, 0.29) is 5.02 Å². The number of carbonyl (C=O) groups excluding carboxylic acids is 1. The van der Waals surface area contributed by atoms with E-state index < -0.39 is 40.2 Å². The third-order valence-electron chi connectivity index (χ3n) is 2.48. The van der Waals surface area contributed by atoms with Crippen LogP contribution in [0.25, 0.3) is 0 Å². The summed E-state index contributed by atoms with van der Waals surface area (Å²) in [7, 11) is 0. The molecule has 0 saturated carbocycles. The Morgan fingerprint density at radius 2 is 1.47 bits per heavy atom. The van der Waals surface area contributed by atoms with Crippen LogP contribution in [0.1, 0.15) is 15.9 Å². The Balaban J connectivity index is 2.57. The summed E-state index contributed by atoms with van der Waals surface area (Å²) in [6.45, 7) is 0. The quantitative estimate of drug-likeness (QED) is 0.461. The van der Waals surface area contributed by atoms with Crippen molar-refractivity contribution < 1.29 is 22.4 Å². The predicted octanol–water partition coefficient (Wildman–Crippen LogP) is 4.13. The minimum Gasteiger partial charge on any atom is -0.288 e. The summed E-state index contributed by atoms with van der Waals surface area (Å²) < 4.78 is 52.8. The van der Waals surface area contributed by atoms with Crippen LogP contribution in [0, 0.1) is 23.3 Å². The van der Waals surface area contributed by atoms with Crippen LogP contribution >= 0.6 is 11.6 Å². The van der Waals surface area contributed by atoms with Crippen molar-refractivity contribution in [2.45, 2.75) is 0 Å². The lowest BCUT2D eigenvalue weighted by molar-refractivity contribution is 0.103. The van der Waals surface area contributed by atoms with Gasteiger partial charge in [-0.15, -0.1) is 0 Å². The minimum atomic E-state index is -1.78. The number of hydrogen-bond acceptors (Lipinski definition) is 1. The largest absolute Gasteiger partial charge is 0.288 e. The van der Waals surface area contributed by atoms with Gasteiger partial charge in [0.1, 0.15) is 0 Å². The molecule has 6 heteroatoms. The molecular formula is C13H5ClF4O. The fourth-order valence-electron chi connectivity index (χ4n) is 1.53. The van der Waals surface area contributed by atoms with Crippen LogP contribution in [0.5, 0.6) is 0 Å². The molecule has 0 N–H and O–H groups in total. The van der Waals surface area contributed by atoms with Gasteiger partial charge >= 0.3 is 0 Å². The minimum absolute atomic E-state index is 0.325. The van der Waals surface area contributed by atoms with E-state index in [2.05, 4.69) is 0 Å². The Morgan fingerprint density at radius 3 is 2.16 bits per heavy atom. The molecule has 0 fully saturated rings. The van der Waals surface area contributed by atoms with Crippen LogP contribution in [0.15, 0.2) is 30.3 Å². The van der Waals surface area contributed by atoms with Crippen LogP contribution in [-0.4, -0.2) is 5.78 Å². The van der Waals surface area contributed by atoms with Crippen molar-refractivity contribution in [2.75, 3.05) is 0 Å². The highest BCUT2D eigenvalue weighted by Gasteiger charge is 2.22. The number of rotatable bonds is 2. The molecule has 0 amide bonds. The summed E-state index contributed by atoms with van der Waals surface area (Å²) in [5.41, 5.74) is -1.28. The molecule has 0 bridgehead atoms. The molecule has 0 aromatic heterocycles. The van der Waals surface area contributed by atoms with Crippen molar-refractivity contribution in [3.63, 3.8) is 0 Å². The molecule has 0 radical (unpaired) electrons. The van der Waals surface area contributed by atoms with Gasteiger partial charge < -0.3 is 0 Å². The zero-order chi connectivity index (χ0) is 14.2. The smallest absolute Gasteiger partial charge is 0.199 e. The summed E-state index contributed by atoms with van der Waals surface area (Å²) >= 11 is 5.49. The number of hydrogen-bond donors (Lipinski definition) is 0. The lowest BCUT2D eigenvalue weighted by Crippen LogP contribution is -2.09. The normalized spacial score (nSPS) is 10.6. The van der Waals surface area contributed by atoms with Crippen molar-refractivity contribution in [3.05, 3.63) is 69.8 Å². The summed E-state index contributed by atoms with van der Waals surface area (Å²) in [4.78, 5) is 11.9. The van der Waals surface area contributed by atoms with Gasteiger partial charge in [-0.05, 0) is 24.3 Å². The maximum Gasteiger partial charge on any atom is 0.199 e. The first-order valence-electron chi connectivity index (χ1n) is 5.05. The zero-order valence-electron chi connectivity index (χ0n) is 9.18. The molecule has 2 aromatic rings. The molecule has 0 spiro atoms. The molecule has 2 aromatic carbocycles. The Hall–Kier alpha value is -1.88. The Morgan fingerprint density at radius 1 is 0.842 bits per heavy atom. The van der Waals surface area contributed by atoms with Crippen LogP contribution in [0.4, 0.5) is 17.6 Å². The molecule has 0 aliphatic heterocycles. The number of halogens is 5. The van der Waals surface area contributed by atoms with Crippen LogP contribution in [0.3, 0.4) is 0 Å². The van der Waals surface area contributed by atoms with Gasteiger partial charge in [0.2, 0.25) is 0 Å². The van der Waals surface area contributed by atoms with E-state index in [1.165, 1.54) is 12.1 Å². The predicted molar refractivity (Wildman–Crippen MR) is 61.2 cm³/mol. The summed E-state index contributed by atoms with van der Waals surface area (Å²) in [6, 6.07) is 4.90. The van der Waals surface area contributed by atoms with Crippen LogP contribution in [0.2, 0.25) is 5.02 Å². The monoisotopic (exact) mass is 288 g/mol. The molecule has 19 heavy (non-hydrogen) atoms. The standard InChI is InChI=1S/C13H5ClF4O/c14-8-3-1-2-6(10(8)16)13(19)7-4-5-9(15)12(18)11(7)17/h1-5H. The number of benzene rings is 2. The van der Waals surface area contributed by atoms with Gasteiger partial charge in [0.25, 0.3) is 0 Å². The fourth-order valence-corrected chi connectivity index (χ4v) is 1.70. The molecule has 2 rings (SSSR count). The SMILES string of the molecule is O=C(c1cccc(Cl)c1F)c1ccc(F)c(F)c1F. The second-order valence-electron chi connectivity index (χ2n) is 3.65. The maximum absolute atomic E-state index is 13.6. The third-order valence-corrected chi connectivity index (χ3v) is 2.77. The van der Waals surface area contributed by atoms with Gasteiger partial charge in [-0.25, -0.2) is 17.6 Å². The van der Waals surface area contributed by atoms with E-state index in [9.17, 15) is 22.4 Å².